The van der Waals surface area contributed by atoms with Gasteiger partial charge in [-0.25, -0.2) is 8.78 Å². The number of nitrogens with two attached hydrogens (primary N) is 1. The molecule has 1 saturated heterocycles. The number of hydrogen-bond acceptors (Lipinski definition) is 4. The lowest BCUT2D eigenvalue weighted by Crippen LogP contribution is -2.47. The molecular formula is C21H28F2N4O. The van der Waals surface area contributed by atoms with E-state index in [1.165, 1.54) is 0 Å². The quantitative estimate of drug-likeness (QED) is 0.811. The van der Waals surface area contributed by atoms with Crippen LogP contribution < -0.4 is 10.6 Å². The summed E-state index contributed by atoms with van der Waals surface area (Å²) in [6.45, 7) is 4.05. The molecule has 1 amide bonds. The first-order valence-corrected chi connectivity index (χ1v) is 10.1. The molecule has 2 fully saturated rings. The minimum atomic E-state index is -0.800. The Morgan fingerprint density at radius 1 is 1.18 bits per heavy atom. The Bertz CT molecular complexity index is 720. The lowest BCUT2D eigenvalue weighted by Gasteiger charge is -2.37. The first kappa shape index (κ1) is 20.5. The molecule has 1 aromatic rings. The molecule has 0 spiro atoms. The Morgan fingerprint density at radius 3 is 2.46 bits per heavy atom. The molecule has 3 rings (SSSR count). The van der Waals surface area contributed by atoms with Gasteiger partial charge in [-0.2, -0.15) is 5.26 Å². The summed E-state index contributed by atoms with van der Waals surface area (Å²) in [4.78, 5) is 15.6. The van der Waals surface area contributed by atoms with Crippen LogP contribution >= 0.6 is 0 Å². The highest BCUT2D eigenvalue weighted by Gasteiger charge is 2.31. The summed E-state index contributed by atoms with van der Waals surface area (Å²) < 4.78 is 27.4. The molecule has 28 heavy (non-hydrogen) atoms. The number of benzene rings is 1. The van der Waals surface area contributed by atoms with Gasteiger partial charge < -0.3 is 10.6 Å². The molecule has 1 saturated carbocycles. The number of nitrogens with zero attached hydrogens (tertiary/aromatic N) is 3. The lowest BCUT2D eigenvalue weighted by atomic mass is 9.75. The number of amides is 1. The maximum Gasteiger partial charge on any atom is 0.235 e. The van der Waals surface area contributed by atoms with Gasteiger partial charge in [0.25, 0.3) is 0 Å². The molecule has 0 bridgehead atoms. The van der Waals surface area contributed by atoms with E-state index < -0.39 is 23.5 Å². The van der Waals surface area contributed by atoms with E-state index >= 15 is 0 Å². The van der Waals surface area contributed by atoms with Crippen molar-refractivity contribution in [3.8, 4) is 6.07 Å². The number of carbonyl (C=O) groups is 1. The Morgan fingerprint density at radius 2 is 1.86 bits per heavy atom. The van der Waals surface area contributed by atoms with Crippen molar-refractivity contribution in [2.24, 2.45) is 23.5 Å². The van der Waals surface area contributed by atoms with Gasteiger partial charge in [0, 0.05) is 26.2 Å². The number of primary amides is 1. The number of anilines is 1. The molecule has 2 N–H and O–H groups in total. The molecule has 152 valence electrons. The fraction of sp³-hybridized carbons (Fsp3) is 0.619. The zero-order valence-electron chi connectivity index (χ0n) is 16.1. The van der Waals surface area contributed by atoms with E-state index in [1.54, 1.807) is 12.1 Å². The van der Waals surface area contributed by atoms with Gasteiger partial charge in [0.1, 0.15) is 5.92 Å². The monoisotopic (exact) mass is 390 g/mol. The minimum absolute atomic E-state index is 0.100. The molecule has 7 heteroatoms. The van der Waals surface area contributed by atoms with Crippen LogP contribution in [0.1, 0.15) is 32.1 Å². The van der Waals surface area contributed by atoms with Gasteiger partial charge in [-0.15, -0.1) is 0 Å². The third-order valence-electron chi connectivity index (χ3n) is 6.31. The number of halogens is 2. The van der Waals surface area contributed by atoms with E-state index in [2.05, 4.69) is 11.0 Å². The first-order chi connectivity index (χ1) is 13.5. The van der Waals surface area contributed by atoms with E-state index in [-0.39, 0.29) is 5.92 Å². The third kappa shape index (κ3) is 4.79. The Labute approximate surface area is 165 Å². The SMILES string of the molecule is N#CC(C(N)=O)C1CCC(CCN2CCN(c3cccc(F)c3F)CC2)CC1. The van der Waals surface area contributed by atoms with Crippen molar-refractivity contribution in [1.29, 1.82) is 5.26 Å². The van der Waals surface area contributed by atoms with E-state index in [0.29, 0.717) is 24.7 Å². The normalized spacial score (nSPS) is 24.5. The van der Waals surface area contributed by atoms with Crippen LogP contribution in [0, 0.1) is 40.7 Å². The summed E-state index contributed by atoms with van der Waals surface area (Å²) in [5.41, 5.74) is 5.67. The van der Waals surface area contributed by atoms with Gasteiger partial charge in [-0.1, -0.05) is 18.9 Å². The van der Waals surface area contributed by atoms with E-state index in [1.807, 2.05) is 4.90 Å². The third-order valence-corrected chi connectivity index (χ3v) is 6.31. The molecule has 1 aromatic carbocycles. The fourth-order valence-corrected chi connectivity index (χ4v) is 4.53. The van der Waals surface area contributed by atoms with Crippen LogP contribution in [-0.4, -0.2) is 43.5 Å². The van der Waals surface area contributed by atoms with Gasteiger partial charge in [-0.3, -0.25) is 9.69 Å². The second kappa shape index (κ2) is 9.33. The molecule has 0 radical (unpaired) electrons. The average molecular weight is 390 g/mol. The van der Waals surface area contributed by atoms with E-state index in [4.69, 9.17) is 11.0 Å². The number of rotatable bonds is 6. The Kier molecular flexibility index (Phi) is 6.84. The molecule has 5 nitrogen and oxygen atoms in total. The molecule has 1 aliphatic heterocycles. The molecule has 1 heterocycles. The summed E-state index contributed by atoms with van der Waals surface area (Å²) in [6.07, 6.45) is 4.93. The van der Waals surface area contributed by atoms with Gasteiger partial charge in [0.05, 0.1) is 11.8 Å². The maximum atomic E-state index is 14.0. The summed E-state index contributed by atoms with van der Waals surface area (Å²) in [5.74, 6) is -2.01. The molecule has 1 atom stereocenters. The van der Waals surface area contributed by atoms with Gasteiger partial charge in [0.15, 0.2) is 11.6 Å². The van der Waals surface area contributed by atoms with Crippen LogP contribution in [0.3, 0.4) is 0 Å². The van der Waals surface area contributed by atoms with Crippen LogP contribution in [0.2, 0.25) is 0 Å². The zero-order valence-corrected chi connectivity index (χ0v) is 16.1. The summed E-state index contributed by atoms with van der Waals surface area (Å²) in [5, 5.41) is 9.12. The van der Waals surface area contributed by atoms with Crippen molar-refractivity contribution in [2.75, 3.05) is 37.6 Å². The maximum absolute atomic E-state index is 14.0. The van der Waals surface area contributed by atoms with Crippen molar-refractivity contribution in [2.45, 2.75) is 32.1 Å². The first-order valence-electron chi connectivity index (χ1n) is 10.1. The molecule has 1 unspecified atom stereocenters. The molecule has 0 aromatic heterocycles. The second-order valence-corrected chi connectivity index (χ2v) is 7.98. The Hall–Kier alpha value is -2.20. The standard InChI is InChI=1S/C21H28F2N4O/c22-18-2-1-3-19(20(18)23)27-12-10-26(11-13-27)9-8-15-4-6-16(7-5-15)17(14-24)21(25)28/h1-3,15-17H,4-13H2,(H2,25,28). The second-order valence-electron chi connectivity index (χ2n) is 7.98. The number of hydrogen-bond donors (Lipinski definition) is 1. The predicted molar refractivity (Wildman–Crippen MR) is 103 cm³/mol. The van der Waals surface area contributed by atoms with Crippen LogP contribution in [0.4, 0.5) is 14.5 Å². The molecule has 2 aliphatic rings. The zero-order chi connectivity index (χ0) is 20.1. The highest BCUT2D eigenvalue weighted by molar-refractivity contribution is 5.79. The highest BCUT2D eigenvalue weighted by Crippen LogP contribution is 2.35. The van der Waals surface area contributed by atoms with Crippen molar-refractivity contribution < 1.29 is 13.6 Å². The Balaban J connectivity index is 1.40. The van der Waals surface area contributed by atoms with Crippen molar-refractivity contribution in [3.63, 3.8) is 0 Å². The van der Waals surface area contributed by atoms with E-state index in [9.17, 15) is 13.6 Å². The topological polar surface area (TPSA) is 73.4 Å². The van der Waals surface area contributed by atoms with Gasteiger partial charge in [0.2, 0.25) is 5.91 Å². The molecular weight excluding hydrogens is 362 g/mol. The van der Waals surface area contributed by atoms with Gasteiger partial charge in [-0.05, 0) is 49.8 Å². The van der Waals surface area contributed by atoms with Crippen LogP contribution in [0.5, 0.6) is 0 Å². The summed E-state index contributed by atoms with van der Waals surface area (Å²) in [6, 6.07) is 6.38. The fourth-order valence-electron chi connectivity index (χ4n) is 4.53. The lowest BCUT2D eigenvalue weighted by molar-refractivity contribution is -0.122. The van der Waals surface area contributed by atoms with Crippen molar-refractivity contribution >= 4 is 11.6 Å². The number of piperazine rings is 1. The van der Waals surface area contributed by atoms with Crippen LogP contribution in [-0.2, 0) is 4.79 Å². The molecule has 1 aliphatic carbocycles. The predicted octanol–water partition coefficient (Wildman–Crippen LogP) is 2.91. The summed E-state index contributed by atoms with van der Waals surface area (Å²) >= 11 is 0. The minimum Gasteiger partial charge on any atom is -0.369 e. The van der Waals surface area contributed by atoms with Gasteiger partial charge >= 0.3 is 0 Å². The van der Waals surface area contributed by atoms with Crippen molar-refractivity contribution in [1.82, 2.24) is 4.90 Å². The highest BCUT2D eigenvalue weighted by atomic mass is 19.2. The van der Waals surface area contributed by atoms with Crippen LogP contribution in [0.25, 0.3) is 0 Å². The number of carbonyl (C=O) groups excluding carboxylic acids is 1. The van der Waals surface area contributed by atoms with E-state index in [0.717, 1.165) is 57.8 Å². The van der Waals surface area contributed by atoms with Crippen LogP contribution in [0.15, 0.2) is 18.2 Å². The largest absolute Gasteiger partial charge is 0.369 e. The average Bonchev–Trinajstić information content (AvgIpc) is 2.70. The smallest absolute Gasteiger partial charge is 0.235 e. The number of nitriles is 1. The van der Waals surface area contributed by atoms with Crippen molar-refractivity contribution in [3.05, 3.63) is 29.8 Å². The summed E-state index contributed by atoms with van der Waals surface area (Å²) in [7, 11) is 0.